The van der Waals surface area contributed by atoms with Gasteiger partial charge in [0.25, 0.3) is 11.8 Å². The van der Waals surface area contributed by atoms with Crippen molar-refractivity contribution in [3.63, 3.8) is 0 Å². The second-order valence-corrected chi connectivity index (χ2v) is 8.00. The van der Waals surface area contributed by atoms with Gasteiger partial charge in [-0.05, 0) is 37.1 Å². The first-order valence-electron chi connectivity index (χ1n) is 11.7. The summed E-state index contributed by atoms with van der Waals surface area (Å²) in [5.74, 6) is -1.18. The number of benzene rings is 2. The second kappa shape index (κ2) is 12.4. The van der Waals surface area contributed by atoms with Crippen molar-refractivity contribution < 1.29 is 29.3 Å². The van der Waals surface area contributed by atoms with Gasteiger partial charge in [-0.25, -0.2) is 4.98 Å². The van der Waals surface area contributed by atoms with Crippen molar-refractivity contribution >= 4 is 11.8 Å². The lowest BCUT2D eigenvalue weighted by Crippen LogP contribution is -2.34. The predicted molar refractivity (Wildman–Crippen MR) is 136 cm³/mol. The molecule has 36 heavy (non-hydrogen) atoms. The molecule has 0 fully saturated rings. The third-order valence-electron chi connectivity index (χ3n) is 5.63. The monoisotopic (exact) mass is 493 g/mol. The van der Waals surface area contributed by atoms with Crippen LogP contribution in [0.15, 0.2) is 48.5 Å². The van der Waals surface area contributed by atoms with E-state index in [4.69, 9.17) is 9.47 Å². The molecule has 0 saturated carbocycles. The van der Waals surface area contributed by atoms with Crippen molar-refractivity contribution in [1.29, 1.82) is 0 Å². The quantitative estimate of drug-likeness (QED) is 0.300. The van der Waals surface area contributed by atoms with Crippen LogP contribution < -0.4 is 20.1 Å². The number of pyridine rings is 1. The Morgan fingerprint density at radius 2 is 1.47 bits per heavy atom. The van der Waals surface area contributed by atoms with Crippen LogP contribution in [0.5, 0.6) is 23.1 Å². The van der Waals surface area contributed by atoms with E-state index < -0.39 is 17.5 Å². The van der Waals surface area contributed by atoms with E-state index in [-0.39, 0.29) is 30.1 Å². The summed E-state index contributed by atoms with van der Waals surface area (Å²) in [7, 11) is 2.98. The fourth-order valence-corrected chi connectivity index (χ4v) is 3.83. The molecule has 0 radical (unpaired) electrons. The summed E-state index contributed by atoms with van der Waals surface area (Å²) in [6.07, 6.45) is 2.08. The normalized spacial score (nSPS) is 10.5. The van der Waals surface area contributed by atoms with Crippen molar-refractivity contribution in [2.45, 2.75) is 26.2 Å². The number of amides is 2. The van der Waals surface area contributed by atoms with Gasteiger partial charge >= 0.3 is 0 Å². The van der Waals surface area contributed by atoms with E-state index in [0.717, 1.165) is 12.8 Å². The molecule has 9 nitrogen and oxygen atoms in total. The zero-order valence-electron chi connectivity index (χ0n) is 20.6. The molecule has 190 valence electrons. The lowest BCUT2D eigenvalue weighted by Gasteiger charge is -2.19. The molecule has 9 heteroatoms. The fraction of sp³-hybridized carbons (Fsp3) is 0.296. The molecular formula is C27H31N3O6. The molecule has 2 amide bonds. The van der Waals surface area contributed by atoms with Gasteiger partial charge in [-0.15, -0.1) is 0 Å². The summed E-state index contributed by atoms with van der Waals surface area (Å²) in [6, 6.07) is 13.9. The highest BCUT2D eigenvalue weighted by Gasteiger charge is 2.28. The Morgan fingerprint density at radius 1 is 0.861 bits per heavy atom. The van der Waals surface area contributed by atoms with Crippen molar-refractivity contribution in [2.24, 2.45) is 0 Å². The van der Waals surface area contributed by atoms with Gasteiger partial charge in [-0.2, -0.15) is 0 Å². The summed E-state index contributed by atoms with van der Waals surface area (Å²) >= 11 is 0. The number of aryl methyl sites for hydroxylation is 1. The number of nitrogens with one attached hydrogen (secondary N) is 2. The molecule has 0 atom stereocenters. The Hall–Kier alpha value is -4.27. The Balaban J connectivity index is 1.89. The maximum absolute atomic E-state index is 13.0. The lowest BCUT2D eigenvalue weighted by atomic mass is 9.95. The topological polar surface area (TPSA) is 130 Å². The van der Waals surface area contributed by atoms with E-state index in [1.807, 2.05) is 13.0 Å². The summed E-state index contributed by atoms with van der Waals surface area (Å²) < 4.78 is 11.0. The van der Waals surface area contributed by atoms with Gasteiger partial charge in [-0.1, -0.05) is 37.6 Å². The van der Waals surface area contributed by atoms with Crippen LogP contribution in [0.1, 0.15) is 46.2 Å². The first-order valence-corrected chi connectivity index (χ1v) is 11.7. The van der Waals surface area contributed by atoms with Crippen molar-refractivity contribution in [3.8, 4) is 34.3 Å². The molecule has 1 heterocycles. The minimum Gasteiger partial charge on any atom is -0.506 e. The van der Waals surface area contributed by atoms with Crippen LogP contribution >= 0.6 is 0 Å². The van der Waals surface area contributed by atoms with Crippen molar-refractivity contribution in [1.82, 2.24) is 15.6 Å². The van der Waals surface area contributed by atoms with E-state index in [1.165, 1.54) is 14.2 Å². The molecule has 3 aromatic rings. The maximum atomic E-state index is 13.0. The highest BCUT2D eigenvalue weighted by atomic mass is 16.5. The Bertz CT molecular complexity index is 1190. The van der Waals surface area contributed by atoms with E-state index in [1.54, 1.807) is 42.5 Å². The van der Waals surface area contributed by atoms with Crippen LogP contribution in [-0.2, 0) is 6.42 Å². The zero-order valence-corrected chi connectivity index (χ0v) is 20.6. The molecular weight excluding hydrogens is 462 g/mol. The van der Waals surface area contributed by atoms with E-state index in [0.29, 0.717) is 34.7 Å². The lowest BCUT2D eigenvalue weighted by molar-refractivity contribution is 0.0924. The molecule has 0 aliphatic carbocycles. The summed E-state index contributed by atoms with van der Waals surface area (Å²) in [6.45, 7) is 2.23. The van der Waals surface area contributed by atoms with Gasteiger partial charge in [0.15, 0.2) is 0 Å². The molecule has 0 spiro atoms. The summed E-state index contributed by atoms with van der Waals surface area (Å²) in [5.41, 5.74) is 1.25. The van der Waals surface area contributed by atoms with Crippen LogP contribution in [0.3, 0.4) is 0 Å². The zero-order chi connectivity index (χ0) is 26.1. The number of aromatic hydroxyl groups is 2. The minimum absolute atomic E-state index is 0.0706. The summed E-state index contributed by atoms with van der Waals surface area (Å²) in [4.78, 5) is 29.4. The highest BCUT2D eigenvalue weighted by molar-refractivity contribution is 6.02. The maximum Gasteiger partial charge on any atom is 0.260 e. The Morgan fingerprint density at radius 3 is 2.06 bits per heavy atom. The molecule has 0 saturated heterocycles. The summed E-state index contributed by atoms with van der Waals surface area (Å²) in [5, 5.41) is 27.2. The van der Waals surface area contributed by atoms with Crippen LogP contribution in [0.4, 0.5) is 0 Å². The number of carbonyl (C=O) groups excluding carboxylic acids is 2. The number of unbranched alkanes of at least 4 members (excludes halogenated alkanes) is 1. The van der Waals surface area contributed by atoms with Gasteiger partial charge in [0.1, 0.15) is 22.8 Å². The molecule has 0 bridgehead atoms. The van der Waals surface area contributed by atoms with Crippen molar-refractivity contribution in [2.75, 3.05) is 27.3 Å². The second-order valence-electron chi connectivity index (χ2n) is 8.00. The van der Waals surface area contributed by atoms with Crippen LogP contribution in [0, 0.1) is 0 Å². The third-order valence-corrected chi connectivity index (χ3v) is 5.63. The van der Waals surface area contributed by atoms with Gasteiger partial charge in [-0.3, -0.25) is 9.59 Å². The number of hydrogen-bond donors (Lipinski definition) is 4. The molecule has 4 N–H and O–H groups in total. The Kier molecular flexibility index (Phi) is 9.10. The van der Waals surface area contributed by atoms with E-state index in [2.05, 4.69) is 15.6 Å². The number of nitrogens with zero attached hydrogens (tertiary/aromatic N) is 1. The number of aromatic nitrogens is 1. The number of methoxy groups -OCH3 is 2. The van der Waals surface area contributed by atoms with Gasteiger partial charge < -0.3 is 30.3 Å². The first kappa shape index (κ1) is 26.3. The van der Waals surface area contributed by atoms with E-state index in [9.17, 15) is 19.8 Å². The number of hydrogen-bond acceptors (Lipinski definition) is 7. The largest absolute Gasteiger partial charge is 0.506 e. The standard InChI is InChI=1S/C27H31N3O6/c1-4-5-12-18-21(22-19(35-2)13-9-14-20(22)36-3)24(31)23(27(34)30-18)26(33)29-16-15-28-25(32)17-10-7-6-8-11-17/h6-11,13-14H,4-5,12,15-16H2,1-3H3,(H,28,32)(H,29,33)(H2,30,31,34). The molecule has 2 aromatic carbocycles. The highest BCUT2D eigenvalue weighted by Crippen LogP contribution is 2.47. The minimum atomic E-state index is -0.733. The average molecular weight is 494 g/mol. The number of rotatable bonds is 11. The van der Waals surface area contributed by atoms with Gasteiger partial charge in [0.2, 0.25) is 5.88 Å². The van der Waals surface area contributed by atoms with Crippen LogP contribution in [-0.4, -0.2) is 54.3 Å². The SMILES string of the molecule is CCCCc1nc(O)c(C(=O)NCCNC(=O)c2ccccc2)c(O)c1-c1c(OC)cccc1OC. The van der Waals surface area contributed by atoms with E-state index >= 15 is 0 Å². The van der Waals surface area contributed by atoms with Gasteiger partial charge in [0, 0.05) is 18.7 Å². The molecule has 0 unspecified atom stereocenters. The number of carbonyl (C=O) groups is 2. The first-order chi connectivity index (χ1) is 17.4. The molecule has 0 aliphatic heterocycles. The molecule has 0 aliphatic rings. The number of ether oxygens (including phenoxy) is 2. The van der Waals surface area contributed by atoms with Crippen LogP contribution in [0.2, 0.25) is 0 Å². The van der Waals surface area contributed by atoms with Crippen molar-refractivity contribution in [3.05, 3.63) is 65.4 Å². The molecule has 3 rings (SSSR count). The average Bonchev–Trinajstić information content (AvgIpc) is 2.89. The molecule has 1 aromatic heterocycles. The van der Waals surface area contributed by atoms with Crippen LogP contribution in [0.25, 0.3) is 11.1 Å². The van der Waals surface area contributed by atoms with Gasteiger partial charge in [0.05, 0.1) is 31.0 Å². The predicted octanol–water partition coefficient (Wildman–Crippen LogP) is 3.68. The fourth-order valence-electron chi connectivity index (χ4n) is 3.83. The third kappa shape index (κ3) is 5.86. The smallest absolute Gasteiger partial charge is 0.260 e. The Labute approximate surface area is 210 Å².